The van der Waals surface area contributed by atoms with Gasteiger partial charge in [-0.2, -0.15) is 0 Å². The largest absolute Gasteiger partial charge is 0.490 e. The van der Waals surface area contributed by atoms with Crippen molar-refractivity contribution in [3.8, 4) is 11.5 Å². The summed E-state index contributed by atoms with van der Waals surface area (Å²) in [6.07, 6.45) is 1.10. The molecule has 1 aromatic rings. The summed E-state index contributed by atoms with van der Waals surface area (Å²) < 4.78 is 11.3. The van der Waals surface area contributed by atoms with E-state index in [1.165, 1.54) is 0 Å². The summed E-state index contributed by atoms with van der Waals surface area (Å²) in [7, 11) is 0. The van der Waals surface area contributed by atoms with Gasteiger partial charge in [0, 0.05) is 17.1 Å². The Kier molecular flexibility index (Phi) is 7.38. The first-order chi connectivity index (χ1) is 9.19. The molecule has 3 nitrogen and oxygen atoms in total. The van der Waals surface area contributed by atoms with E-state index in [2.05, 4.69) is 18.8 Å². The fourth-order valence-electron chi connectivity index (χ4n) is 1.68. The van der Waals surface area contributed by atoms with Crippen molar-refractivity contribution in [1.29, 1.82) is 0 Å². The van der Waals surface area contributed by atoms with Crippen LogP contribution in [0.2, 0.25) is 0 Å². The third-order valence-electron chi connectivity index (χ3n) is 2.48. The fraction of sp³-hybridized carbons (Fsp3) is 0.467. The lowest BCUT2D eigenvalue weighted by molar-refractivity contribution is 0.293. The van der Waals surface area contributed by atoms with E-state index >= 15 is 0 Å². The Morgan fingerprint density at radius 2 is 2.11 bits per heavy atom. The maximum atomic E-state index is 5.76. The van der Waals surface area contributed by atoms with Crippen LogP contribution < -0.4 is 14.8 Å². The van der Waals surface area contributed by atoms with Gasteiger partial charge in [-0.15, -0.1) is 0 Å². The van der Waals surface area contributed by atoms with Crippen LogP contribution in [0.5, 0.6) is 11.5 Å². The van der Waals surface area contributed by atoms with E-state index < -0.39 is 0 Å². The molecule has 0 aromatic heterocycles. The number of para-hydroxylation sites is 1. The van der Waals surface area contributed by atoms with Gasteiger partial charge in [0.1, 0.15) is 6.61 Å². The molecule has 0 amide bonds. The van der Waals surface area contributed by atoms with Crippen LogP contribution in [-0.4, -0.2) is 19.8 Å². The number of hydrogen-bond acceptors (Lipinski definition) is 3. The fourth-order valence-corrected chi connectivity index (χ4v) is 1.74. The molecule has 0 aliphatic rings. The number of halogens is 1. The molecule has 0 radical (unpaired) electrons. The first-order valence-electron chi connectivity index (χ1n) is 6.60. The highest BCUT2D eigenvalue weighted by Crippen LogP contribution is 2.31. The highest BCUT2D eigenvalue weighted by molar-refractivity contribution is 6.29. The lowest BCUT2D eigenvalue weighted by atomic mass is 10.2. The molecular formula is C15H22ClNO2. The SMILES string of the molecule is C=C(Cl)COc1c(CNCCC)cccc1OCC. The molecule has 0 heterocycles. The smallest absolute Gasteiger partial charge is 0.166 e. The zero-order valence-corrected chi connectivity index (χ0v) is 12.4. The van der Waals surface area contributed by atoms with Gasteiger partial charge in [-0.05, 0) is 26.0 Å². The van der Waals surface area contributed by atoms with Crippen molar-refractivity contribution in [2.24, 2.45) is 0 Å². The van der Waals surface area contributed by atoms with E-state index in [0.717, 1.165) is 36.6 Å². The minimum Gasteiger partial charge on any atom is -0.490 e. The molecule has 4 heteroatoms. The van der Waals surface area contributed by atoms with Crippen molar-refractivity contribution in [2.75, 3.05) is 19.8 Å². The van der Waals surface area contributed by atoms with Crippen molar-refractivity contribution in [1.82, 2.24) is 5.32 Å². The van der Waals surface area contributed by atoms with Crippen LogP contribution in [0.4, 0.5) is 0 Å². The second kappa shape index (κ2) is 8.83. The number of nitrogens with one attached hydrogen (secondary N) is 1. The number of rotatable bonds is 9. The molecule has 1 aromatic carbocycles. The molecule has 19 heavy (non-hydrogen) atoms. The molecule has 1 N–H and O–H groups in total. The van der Waals surface area contributed by atoms with Gasteiger partial charge in [0.2, 0.25) is 0 Å². The Bertz CT molecular complexity index is 407. The summed E-state index contributed by atoms with van der Waals surface area (Å²) in [6, 6.07) is 5.90. The molecule has 0 aliphatic carbocycles. The number of ether oxygens (including phenoxy) is 2. The molecule has 0 fully saturated rings. The molecule has 0 bridgehead atoms. The molecule has 0 aliphatic heterocycles. The molecule has 0 saturated carbocycles. The van der Waals surface area contributed by atoms with Gasteiger partial charge >= 0.3 is 0 Å². The lowest BCUT2D eigenvalue weighted by Gasteiger charge is -2.16. The summed E-state index contributed by atoms with van der Waals surface area (Å²) in [5.41, 5.74) is 1.07. The predicted octanol–water partition coefficient (Wildman–Crippen LogP) is 3.72. The van der Waals surface area contributed by atoms with Crippen LogP contribution in [0.25, 0.3) is 0 Å². The molecule has 0 unspecified atom stereocenters. The van der Waals surface area contributed by atoms with Crippen molar-refractivity contribution < 1.29 is 9.47 Å². The first-order valence-corrected chi connectivity index (χ1v) is 6.98. The molecule has 1 rings (SSSR count). The number of hydrogen-bond donors (Lipinski definition) is 1. The Morgan fingerprint density at radius 1 is 1.32 bits per heavy atom. The first kappa shape index (κ1) is 15.9. The van der Waals surface area contributed by atoms with Gasteiger partial charge in [0.25, 0.3) is 0 Å². The van der Waals surface area contributed by atoms with E-state index in [4.69, 9.17) is 21.1 Å². The monoisotopic (exact) mass is 283 g/mol. The average Bonchev–Trinajstić information content (AvgIpc) is 2.38. The van der Waals surface area contributed by atoms with Gasteiger partial charge in [-0.1, -0.05) is 37.2 Å². The van der Waals surface area contributed by atoms with Gasteiger partial charge in [0.05, 0.1) is 6.61 Å². The van der Waals surface area contributed by atoms with E-state index in [9.17, 15) is 0 Å². The average molecular weight is 284 g/mol. The van der Waals surface area contributed by atoms with Gasteiger partial charge < -0.3 is 14.8 Å². The third kappa shape index (κ3) is 5.53. The van der Waals surface area contributed by atoms with Gasteiger partial charge in [-0.3, -0.25) is 0 Å². The van der Waals surface area contributed by atoms with E-state index in [1.54, 1.807) is 0 Å². The van der Waals surface area contributed by atoms with Gasteiger partial charge in [-0.25, -0.2) is 0 Å². The highest BCUT2D eigenvalue weighted by atomic mass is 35.5. The van der Waals surface area contributed by atoms with Crippen molar-refractivity contribution in [3.05, 3.63) is 35.4 Å². The van der Waals surface area contributed by atoms with Crippen molar-refractivity contribution >= 4 is 11.6 Å². The molecule has 0 atom stereocenters. The third-order valence-corrected chi connectivity index (χ3v) is 2.58. The second-order valence-electron chi connectivity index (χ2n) is 4.16. The molecule has 106 valence electrons. The van der Waals surface area contributed by atoms with Gasteiger partial charge in [0.15, 0.2) is 11.5 Å². The zero-order chi connectivity index (χ0) is 14.1. The quantitative estimate of drug-likeness (QED) is 0.701. The van der Waals surface area contributed by atoms with E-state index in [0.29, 0.717) is 11.6 Å². The number of benzene rings is 1. The van der Waals surface area contributed by atoms with Crippen LogP contribution in [0, 0.1) is 0 Å². The standard InChI is InChI=1S/C15H22ClNO2/c1-4-9-17-10-13-7-6-8-14(18-5-2)15(13)19-11-12(3)16/h6-8,17H,3-5,9-11H2,1-2H3. The van der Waals surface area contributed by atoms with Crippen molar-refractivity contribution in [2.45, 2.75) is 26.8 Å². The Labute approximate surface area is 120 Å². The molecule has 0 saturated heterocycles. The maximum absolute atomic E-state index is 5.76. The minimum atomic E-state index is 0.284. The summed E-state index contributed by atoms with van der Waals surface area (Å²) in [6.45, 7) is 10.3. The Balaban J connectivity index is 2.85. The molecule has 0 spiro atoms. The van der Waals surface area contributed by atoms with Crippen LogP contribution in [0.3, 0.4) is 0 Å². The minimum absolute atomic E-state index is 0.284. The van der Waals surface area contributed by atoms with E-state index in [1.807, 2.05) is 25.1 Å². The summed E-state index contributed by atoms with van der Waals surface area (Å²) >= 11 is 5.76. The Hall–Kier alpha value is -1.19. The highest BCUT2D eigenvalue weighted by Gasteiger charge is 2.11. The van der Waals surface area contributed by atoms with Crippen LogP contribution in [0.1, 0.15) is 25.8 Å². The predicted molar refractivity (Wildman–Crippen MR) is 80.1 cm³/mol. The van der Waals surface area contributed by atoms with Crippen molar-refractivity contribution in [3.63, 3.8) is 0 Å². The maximum Gasteiger partial charge on any atom is 0.166 e. The summed E-state index contributed by atoms with van der Waals surface area (Å²) in [4.78, 5) is 0. The lowest BCUT2D eigenvalue weighted by Crippen LogP contribution is -2.15. The Morgan fingerprint density at radius 3 is 2.74 bits per heavy atom. The van der Waals surface area contributed by atoms with Crippen LogP contribution in [0.15, 0.2) is 29.8 Å². The molecular weight excluding hydrogens is 262 g/mol. The topological polar surface area (TPSA) is 30.5 Å². The zero-order valence-electron chi connectivity index (χ0n) is 11.7. The second-order valence-corrected chi connectivity index (χ2v) is 4.69. The summed E-state index contributed by atoms with van der Waals surface area (Å²) in [5, 5.41) is 3.83. The van der Waals surface area contributed by atoms with E-state index in [-0.39, 0.29) is 6.61 Å². The van der Waals surface area contributed by atoms with Crippen LogP contribution in [-0.2, 0) is 6.54 Å². The normalized spacial score (nSPS) is 10.3. The van der Waals surface area contributed by atoms with Crippen LogP contribution >= 0.6 is 11.6 Å². The summed E-state index contributed by atoms with van der Waals surface area (Å²) in [5.74, 6) is 1.49.